The van der Waals surface area contributed by atoms with E-state index in [1.165, 1.54) is 31.5 Å². The predicted octanol–water partition coefficient (Wildman–Crippen LogP) is 2.61. The lowest BCUT2D eigenvalue weighted by Gasteiger charge is -2.32. The van der Waals surface area contributed by atoms with Gasteiger partial charge in [-0.2, -0.15) is 0 Å². The van der Waals surface area contributed by atoms with Crippen LogP contribution in [0.4, 0.5) is 0 Å². The monoisotopic (exact) mass is 203 g/mol. The van der Waals surface area contributed by atoms with Crippen molar-refractivity contribution in [3.05, 3.63) is 29.8 Å². The first kappa shape index (κ1) is 9.22. The molecule has 0 aromatic heterocycles. The molecular weight excluding hydrogens is 186 g/mol. The maximum Gasteiger partial charge on any atom is 0.124 e. The topological polar surface area (TPSA) is 12.5 Å². The molecule has 15 heavy (non-hydrogen) atoms. The van der Waals surface area contributed by atoms with E-state index in [-0.39, 0.29) is 0 Å². The highest BCUT2D eigenvalue weighted by atomic mass is 16.5. The lowest BCUT2D eigenvalue weighted by molar-refractivity contribution is 0.165. The van der Waals surface area contributed by atoms with E-state index in [9.17, 15) is 0 Å². The zero-order valence-electron chi connectivity index (χ0n) is 8.98. The molecule has 80 valence electrons. The first-order chi connectivity index (χ1) is 7.45. The summed E-state index contributed by atoms with van der Waals surface area (Å²) < 4.78 is 5.69. The van der Waals surface area contributed by atoms with Crippen LogP contribution < -0.4 is 4.74 Å². The Balaban J connectivity index is 1.91. The summed E-state index contributed by atoms with van der Waals surface area (Å²) in [4.78, 5) is 2.61. The average Bonchev–Trinajstić information content (AvgIpc) is 2.82. The standard InChI is InChI=1S/C13H17NO/c1-2-6-13-11(5-1)12(7-10-15-13)14-8-3-4-9-14/h1-2,5-6,12H,3-4,7-10H2/t12-/m1/s1. The third kappa shape index (κ3) is 1.63. The number of hydrogen-bond donors (Lipinski definition) is 0. The number of rotatable bonds is 1. The lowest BCUT2D eigenvalue weighted by Crippen LogP contribution is -2.30. The molecule has 0 unspecified atom stereocenters. The first-order valence-corrected chi connectivity index (χ1v) is 5.91. The molecule has 2 heterocycles. The number of para-hydroxylation sites is 1. The summed E-state index contributed by atoms with van der Waals surface area (Å²) in [6.45, 7) is 3.40. The van der Waals surface area contributed by atoms with Gasteiger partial charge in [0.1, 0.15) is 5.75 Å². The molecule has 0 aliphatic carbocycles. The Kier molecular flexibility index (Phi) is 2.37. The number of fused-ring (bicyclic) bond motifs is 1. The normalized spacial score (nSPS) is 26.0. The molecule has 2 heteroatoms. The van der Waals surface area contributed by atoms with Gasteiger partial charge in [0, 0.05) is 18.0 Å². The molecule has 3 rings (SSSR count). The smallest absolute Gasteiger partial charge is 0.124 e. The van der Waals surface area contributed by atoms with E-state index in [0.29, 0.717) is 6.04 Å². The molecule has 1 aromatic carbocycles. The second kappa shape index (κ2) is 3.86. The summed E-state index contributed by atoms with van der Waals surface area (Å²) in [6.07, 6.45) is 3.87. The number of ether oxygens (including phenoxy) is 1. The number of likely N-dealkylation sites (tertiary alicyclic amines) is 1. The van der Waals surface area contributed by atoms with E-state index in [0.717, 1.165) is 18.8 Å². The Morgan fingerprint density at radius 3 is 2.80 bits per heavy atom. The molecule has 2 nitrogen and oxygen atoms in total. The van der Waals surface area contributed by atoms with E-state index in [4.69, 9.17) is 4.74 Å². The van der Waals surface area contributed by atoms with Crippen LogP contribution in [0, 0.1) is 0 Å². The summed E-state index contributed by atoms with van der Waals surface area (Å²) in [5, 5.41) is 0. The molecule has 0 saturated carbocycles. The molecule has 2 aliphatic rings. The van der Waals surface area contributed by atoms with Crippen molar-refractivity contribution in [3.8, 4) is 5.75 Å². The zero-order valence-corrected chi connectivity index (χ0v) is 8.98. The fourth-order valence-corrected chi connectivity index (χ4v) is 2.76. The van der Waals surface area contributed by atoms with Crippen molar-refractivity contribution in [2.45, 2.75) is 25.3 Å². The minimum Gasteiger partial charge on any atom is -0.493 e. The summed E-state index contributed by atoms with van der Waals surface area (Å²) in [7, 11) is 0. The molecule has 1 atom stereocenters. The van der Waals surface area contributed by atoms with Gasteiger partial charge in [0.2, 0.25) is 0 Å². The van der Waals surface area contributed by atoms with Gasteiger partial charge in [0.05, 0.1) is 6.61 Å². The number of benzene rings is 1. The maximum atomic E-state index is 5.69. The Morgan fingerprint density at radius 1 is 1.13 bits per heavy atom. The molecule has 0 spiro atoms. The van der Waals surface area contributed by atoms with Crippen molar-refractivity contribution >= 4 is 0 Å². The fourth-order valence-electron chi connectivity index (χ4n) is 2.76. The summed E-state index contributed by atoms with van der Waals surface area (Å²) in [6, 6.07) is 9.11. The van der Waals surface area contributed by atoms with Crippen LogP contribution in [-0.4, -0.2) is 24.6 Å². The highest BCUT2D eigenvalue weighted by molar-refractivity contribution is 5.37. The van der Waals surface area contributed by atoms with Crippen LogP contribution in [0.5, 0.6) is 5.75 Å². The van der Waals surface area contributed by atoms with Gasteiger partial charge in [-0.15, -0.1) is 0 Å². The minimum atomic E-state index is 0.609. The molecule has 0 bridgehead atoms. The van der Waals surface area contributed by atoms with E-state index >= 15 is 0 Å². The van der Waals surface area contributed by atoms with Gasteiger partial charge in [0.15, 0.2) is 0 Å². The van der Waals surface area contributed by atoms with Crippen LogP contribution in [0.2, 0.25) is 0 Å². The lowest BCUT2D eigenvalue weighted by atomic mass is 9.99. The van der Waals surface area contributed by atoms with Crippen LogP contribution in [0.25, 0.3) is 0 Å². The summed E-state index contributed by atoms with van der Waals surface area (Å²) in [5.74, 6) is 1.10. The van der Waals surface area contributed by atoms with E-state index in [2.05, 4.69) is 29.2 Å². The van der Waals surface area contributed by atoms with E-state index in [1.54, 1.807) is 0 Å². The van der Waals surface area contributed by atoms with Crippen LogP contribution in [-0.2, 0) is 0 Å². The molecular formula is C13H17NO. The van der Waals surface area contributed by atoms with Crippen molar-refractivity contribution in [2.24, 2.45) is 0 Å². The Hall–Kier alpha value is -1.02. The van der Waals surface area contributed by atoms with Crippen molar-refractivity contribution in [1.82, 2.24) is 4.90 Å². The molecule has 2 aliphatic heterocycles. The molecule has 0 radical (unpaired) electrons. The average molecular weight is 203 g/mol. The predicted molar refractivity (Wildman–Crippen MR) is 60.1 cm³/mol. The van der Waals surface area contributed by atoms with Crippen molar-refractivity contribution in [3.63, 3.8) is 0 Å². The molecule has 1 saturated heterocycles. The molecule has 1 fully saturated rings. The minimum absolute atomic E-state index is 0.609. The second-order valence-corrected chi connectivity index (χ2v) is 4.43. The Labute approximate surface area is 90.8 Å². The molecule has 1 aromatic rings. The highest BCUT2D eigenvalue weighted by Gasteiger charge is 2.28. The van der Waals surface area contributed by atoms with Gasteiger partial charge in [-0.25, -0.2) is 0 Å². The third-order valence-corrected chi connectivity index (χ3v) is 3.51. The van der Waals surface area contributed by atoms with Crippen molar-refractivity contribution in [1.29, 1.82) is 0 Å². The van der Waals surface area contributed by atoms with Crippen LogP contribution in [0.3, 0.4) is 0 Å². The largest absolute Gasteiger partial charge is 0.493 e. The Bertz CT molecular complexity index is 344. The van der Waals surface area contributed by atoms with Crippen LogP contribution in [0.1, 0.15) is 30.9 Å². The van der Waals surface area contributed by atoms with E-state index in [1.807, 2.05) is 0 Å². The summed E-state index contributed by atoms with van der Waals surface area (Å²) >= 11 is 0. The number of hydrogen-bond acceptors (Lipinski definition) is 2. The van der Waals surface area contributed by atoms with Gasteiger partial charge >= 0.3 is 0 Å². The summed E-state index contributed by atoms with van der Waals surface area (Å²) in [5.41, 5.74) is 1.39. The quantitative estimate of drug-likeness (QED) is 0.695. The second-order valence-electron chi connectivity index (χ2n) is 4.43. The van der Waals surface area contributed by atoms with Crippen LogP contribution in [0.15, 0.2) is 24.3 Å². The van der Waals surface area contributed by atoms with Gasteiger partial charge in [0.25, 0.3) is 0 Å². The third-order valence-electron chi connectivity index (χ3n) is 3.51. The van der Waals surface area contributed by atoms with Crippen molar-refractivity contribution < 1.29 is 4.74 Å². The molecule has 0 N–H and O–H groups in total. The van der Waals surface area contributed by atoms with Gasteiger partial charge < -0.3 is 4.74 Å². The van der Waals surface area contributed by atoms with Crippen LogP contribution >= 0.6 is 0 Å². The van der Waals surface area contributed by atoms with Gasteiger partial charge in [-0.3, -0.25) is 4.90 Å². The maximum absolute atomic E-state index is 5.69. The fraction of sp³-hybridized carbons (Fsp3) is 0.538. The highest BCUT2D eigenvalue weighted by Crippen LogP contribution is 2.37. The van der Waals surface area contributed by atoms with Gasteiger partial charge in [-0.05, 0) is 32.0 Å². The number of nitrogens with zero attached hydrogens (tertiary/aromatic N) is 1. The van der Waals surface area contributed by atoms with Crippen molar-refractivity contribution in [2.75, 3.05) is 19.7 Å². The van der Waals surface area contributed by atoms with E-state index < -0.39 is 0 Å². The zero-order chi connectivity index (χ0) is 10.1. The molecule has 0 amide bonds. The SMILES string of the molecule is c1ccc2c(c1)OCC[C@H]2N1CCCC1. The Morgan fingerprint density at radius 2 is 1.93 bits per heavy atom. The van der Waals surface area contributed by atoms with Gasteiger partial charge in [-0.1, -0.05) is 18.2 Å². The first-order valence-electron chi connectivity index (χ1n) is 5.91.